The highest BCUT2D eigenvalue weighted by atomic mass is 15.3. The largest absolute Gasteiger partial charge is 0.238 e. The molecule has 2 aliphatic carbocycles. The molecule has 2 saturated carbocycles. The van der Waals surface area contributed by atoms with Crippen molar-refractivity contribution in [3.8, 4) is 17.7 Å². The van der Waals surface area contributed by atoms with Gasteiger partial charge in [0.25, 0.3) is 0 Å². The van der Waals surface area contributed by atoms with Crippen molar-refractivity contribution >= 4 is 21.8 Å². The van der Waals surface area contributed by atoms with E-state index in [2.05, 4.69) is 68.2 Å². The Morgan fingerprint density at radius 1 is 0.766 bits per heavy atom. The molecule has 4 aromatic heterocycles. The van der Waals surface area contributed by atoms with Crippen LogP contribution in [0.3, 0.4) is 0 Å². The van der Waals surface area contributed by atoms with Crippen LogP contribution in [-0.2, 0) is 30.1 Å². The van der Waals surface area contributed by atoms with Crippen molar-refractivity contribution in [2.24, 2.45) is 0 Å². The lowest BCUT2D eigenvalue weighted by atomic mass is 9.65. The van der Waals surface area contributed by atoms with Crippen molar-refractivity contribution in [3.63, 3.8) is 0 Å². The molecule has 2 fully saturated rings. The average molecular weight is 622 g/mol. The number of nitrogens with zero attached hydrogens (tertiary/aromatic N) is 9. The van der Waals surface area contributed by atoms with Crippen LogP contribution < -0.4 is 0 Å². The second-order valence-electron chi connectivity index (χ2n) is 13.7. The van der Waals surface area contributed by atoms with Gasteiger partial charge in [0.15, 0.2) is 11.6 Å². The van der Waals surface area contributed by atoms with E-state index in [1.54, 1.807) is 0 Å². The fourth-order valence-electron chi connectivity index (χ4n) is 7.33. The van der Waals surface area contributed by atoms with Gasteiger partial charge in [-0.1, -0.05) is 45.4 Å². The summed E-state index contributed by atoms with van der Waals surface area (Å²) in [5.41, 5.74) is 7.06. The normalized spacial score (nSPS) is 16.6. The Balaban J connectivity index is 1.25. The molecular weight excluding hydrogens is 582 g/mol. The van der Waals surface area contributed by atoms with Crippen molar-refractivity contribution in [1.82, 2.24) is 39.5 Å². The standard InChI is InChI=1S/C38H39N9/c1-5-29-20-36(46-31-18-27(37(4)11-7-12-37)10-9-25(31)21-40-46)45-34(43-29)17-26-16-28(38(23-39)13-8-14-38)19-32-30(26)22-41-47(32)35-15-24(3)42-33(6-2)44-35/h9-10,15-16,18-22H,5-8,11-14,17H2,1-4H3. The first-order chi connectivity index (χ1) is 22.8. The lowest BCUT2D eigenvalue weighted by Gasteiger charge is -2.39. The van der Waals surface area contributed by atoms with Crippen LogP contribution in [-0.4, -0.2) is 39.5 Å². The Morgan fingerprint density at radius 3 is 2.19 bits per heavy atom. The topological polar surface area (TPSA) is 111 Å². The summed E-state index contributed by atoms with van der Waals surface area (Å²) in [6, 6.07) is 17.8. The summed E-state index contributed by atoms with van der Waals surface area (Å²) in [6.45, 7) is 8.53. The van der Waals surface area contributed by atoms with Crippen molar-refractivity contribution in [3.05, 3.63) is 94.6 Å². The van der Waals surface area contributed by atoms with Gasteiger partial charge in [-0.3, -0.25) is 0 Å². The molecule has 6 aromatic rings. The molecule has 0 spiro atoms. The molecule has 47 heavy (non-hydrogen) atoms. The van der Waals surface area contributed by atoms with Gasteiger partial charge in [0.1, 0.15) is 11.6 Å². The number of hydrogen-bond donors (Lipinski definition) is 0. The first-order valence-corrected chi connectivity index (χ1v) is 16.9. The molecule has 8 rings (SSSR count). The van der Waals surface area contributed by atoms with E-state index in [1.807, 2.05) is 34.7 Å². The van der Waals surface area contributed by atoms with E-state index in [1.165, 1.54) is 24.8 Å². The first-order valence-electron chi connectivity index (χ1n) is 16.9. The Labute approximate surface area is 274 Å². The SMILES string of the molecule is CCc1cc(-n2ncc3ccc(C4(C)CCC4)cc32)nc(Cc2cc(C3(C#N)CCC3)cc3c2cnn3-c2cc(C)nc(CC)n2)n1. The Hall–Kier alpha value is -4.97. The molecule has 0 unspecified atom stereocenters. The van der Waals surface area contributed by atoms with Gasteiger partial charge in [0.05, 0.1) is 34.9 Å². The molecule has 2 aromatic carbocycles. The van der Waals surface area contributed by atoms with Crippen LogP contribution in [0.4, 0.5) is 0 Å². The van der Waals surface area contributed by atoms with Crippen molar-refractivity contribution in [1.29, 1.82) is 5.26 Å². The molecule has 0 aliphatic heterocycles. The summed E-state index contributed by atoms with van der Waals surface area (Å²) in [4.78, 5) is 19.5. The quantitative estimate of drug-likeness (QED) is 0.175. The van der Waals surface area contributed by atoms with Crippen LogP contribution in [0, 0.1) is 18.3 Å². The summed E-state index contributed by atoms with van der Waals surface area (Å²) in [7, 11) is 0. The van der Waals surface area contributed by atoms with E-state index in [0.29, 0.717) is 6.42 Å². The monoisotopic (exact) mass is 621 g/mol. The number of nitriles is 1. The van der Waals surface area contributed by atoms with E-state index in [-0.39, 0.29) is 5.41 Å². The van der Waals surface area contributed by atoms with Gasteiger partial charge in [-0.25, -0.2) is 29.3 Å². The Bertz CT molecular complexity index is 2210. The molecule has 0 N–H and O–H groups in total. The fourth-order valence-corrected chi connectivity index (χ4v) is 7.33. The summed E-state index contributed by atoms with van der Waals surface area (Å²) in [5.74, 6) is 3.02. The van der Waals surface area contributed by atoms with Gasteiger partial charge < -0.3 is 0 Å². The van der Waals surface area contributed by atoms with E-state index in [4.69, 9.17) is 25.1 Å². The predicted octanol–water partition coefficient (Wildman–Crippen LogP) is 7.36. The van der Waals surface area contributed by atoms with Gasteiger partial charge >= 0.3 is 0 Å². The van der Waals surface area contributed by atoms with Crippen molar-refractivity contribution in [2.75, 3.05) is 0 Å². The van der Waals surface area contributed by atoms with Crippen LogP contribution in [0.2, 0.25) is 0 Å². The molecule has 9 heteroatoms. The van der Waals surface area contributed by atoms with Crippen LogP contribution in [0.1, 0.15) is 99.0 Å². The van der Waals surface area contributed by atoms with Crippen LogP contribution in [0.25, 0.3) is 33.4 Å². The summed E-state index contributed by atoms with van der Waals surface area (Å²) in [6.07, 6.45) is 12.3. The van der Waals surface area contributed by atoms with Gasteiger partial charge in [-0.05, 0) is 79.7 Å². The minimum atomic E-state index is -0.492. The summed E-state index contributed by atoms with van der Waals surface area (Å²) < 4.78 is 3.86. The lowest BCUT2D eigenvalue weighted by Crippen LogP contribution is -2.32. The molecule has 0 saturated heterocycles. The molecule has 0 radical (unpaired) electrons. The highest BCUT2D eigenvalue weighted by molar-refractivity contribution is 5.85. The third-order valence-corrected chi connectivity index (χ3v) is 10.6. The number of benzene rings is 2. The minimum absolute atomic E-state index is 0.235. The second kappa shape index (κ2) is 11.1. The maximum Gasteiger partial charge on any atom is 0.158 e. The maximum atomic E-state index is 10.3. The number of aromatic nitrogens is 8. The van der Waals surface area contributed by atoms with Crippen LogP contribution in [0.5, 0.6) is 0 Å². The first kappa shape index (κ1) is 29.4. The summed E-state index contributed by atoms with van der Waals surface area (Å²) >= 11 is 0. The Kier molecular flexibility index (Phi) is 6.94. The minimum Gasteiger partial charge on any atom is -0.238 e. The lowest BCUT2D eigenvalue weighted by molar-refractivity contribution is 0.272. The maximum absolute atomic E-state index is 10.3. The predicted molar refractivity (Wildman–Crippen MR) is 182 cm³/mol. The molecule has 0 bridgehead atoms. The molecule has 9 nitrogen and oxygen atoms in total. The zero-order valence-electron chi connectivity index (χ0n) is 27.6. The van der Waals surface area contributed by atoms with Crippen LogP contribution >= 0.6 is 0 Å². The molecule has 4 heterocycles. The number of hydrogen-bond acceptors (Lipinski definition) is 7. The highest BCUT2D eigenvalue weighted by Crippen LogP contribution is 2.45. The van der Waals surface area contributed by atoms with E-state index in [0.717, 1.165) is 99.7 Å². The number of fused-ring (bicyclic) bond motifs is 2. The zero-order valence-corrected chi connectivity index (χ0v) is 27.6. The number of rotatable bonds is 8. The second-order valence-corrected chi connectivity index (χ2v) is 13.7. The van der Waals surface area contributed by atoms with E-state index >= 15 is 0 Å². The van der Waals surface area contributed by atoms with Gasteiger partial charge in [0.2, 0.25) is 0 Å². The fraction of sp³-hybridized carbons (Fsp3) is 0.395. The third-order valence-electron chi connectivity index (χ3n) is 10.6. The highest BCUT2D eigenvalue weighted by Gasteiger charge is 2.40. The van der Waals surface area contributed by atoms with Crippen molar-refractivity contribution < 1.29 is 0 Å². The van der Waals surface area contributed by atoms with Crippen LogP contribution in [0.15, 0.2) is 54.9 Å². The molecule has 2 aliphatic rings. The molecule has 236 valence electrons. The molecule has 0 atom stereocenters. The van der Waals surface area contributed by atoms with E-state index in [9.17, 15) is 5.26 Å². The molecule has 0 amide bonds. The zero-order chi connectivity index (χ0) is 32.3. The van der Waals surface area contributed by atoms with Gasteiger partial charge in [-0.2, -0.15) is 15.5 Å². The van der Waals surface area contributed by atoms with Crippen molar-refractivity contribution in [2.45, 2.75) is 96.3 Å². The van der Waals surface area contributed by atoms with E-state index < -0.39 is 5.41 Å². The smallest absolute Gasteiger partial charge is 0.158 e. The van der Waals surface area contributed by atoms with Gasteiger partial charge in [0, 0.05) is 47.1 Å². The molecular formula is C38H39N9. The summed E-state index contributed by atoms with van der Waals surface area (Å²) in [5, 5.41) is 22.1. The Morgan fingerprint density at radius 2 is 1.49 bits per heavy atom. The van der Waals surface area contributed by atoms with Gasteiger partial charge in [-0.15, -0.1) is 0 Å². The average Bonchev–Trinajstić information content (AvgIpc) is 3.67. The number of aryl methyl sites for hydroxylation is 3. The third kappa shape index (κ3) is 4.89.